The van der Waals surface area contributed by atoms with E-state index in [0.717, 1.165) is 5.56 Å². The average molecular weight is 321 g/mol. The van der Waals surface area contributed by atoms with Gasteiger partial charge in [-0.05, 0) is 31.9 Å². The minimum absolute atomic E-state index is 0.0794. The van der Waals surface area contributed by atoms with Crippen molar-refractivity contribution in [1.29, 1.82) is 0 Å². The van der Waals surface area contributed by atoms with Crippen molar-refractivity contribution in [1.82, 2.24) is 0 Å². The van der Waals surface area contributed by atoms with Crippen molar-refractivity contribution in [2.45, 2.75) is 20.8 Å². The minimum atomic E-state index is -0.545. The van der Waals surface area contributed by atoms with Crippen LogP contribution in [0.1, 0.15) is 40.1 Å². The molecule has 0 saturated carbocycles. The summed E-state index contributed by atoms with van der Waals surface area (Å²) in [6.45, 7) is 5.82. The number of hydrogen-bond acceptors (Lipinski definition) is 4. The lowest BCUT2D eigenvalue weighted by Gasteiger charge is -2.02. The van der Waals surface area contributed by atoms with Gasteiger partial charge in [0.05, 0.1) is 29.4 Å². The van der Waals surface area contributed by atoms with E-state index in [2.05, 4.69) is 0 Å². The molecule has 0 atom stereocenters. The number of carbonyl (C=O) groups excluding carboxylic acids is 2. The van der Waals surface area contributed by atoms with Crippen LogP contribution in [0.25, 0.3) is 11.1 Å². The number of hydrogen-bond donors (Lipinski definition) is 0. The summed E-state index contributed by atoms with van der Waals surface area (Å²) in [5.41, 5.74) is 2.57. The van der Waals surface area contributed by atoms with Gasteiger partial charge in [-0.3, -0.25) is 0 Å². The van der Waals surface area contributed by atoms with E-state index >= 15 is 0 Å². The third kappa shape index (κ3) is 2.92. The summed E-state index contributed by atoms with van der Waals surface area (Å²) in [6, 6.07) is 7.25. The van der Waals surface area contributed by atoms with Crippen molar-refractivity contribution in [3.05, 3.63) is 46.0 Å². The van der Waals surface area contributed by atoms with E-state index in [1.165, 1.54) is 0 Å². The van der Waals surface area contributed by atoms with E-state index < -0.39 is 11.9 Å². The van der Waals surface area contributed by atoms with Crippen LogP contribution in [0.3, 0.4) is 0 Å². The predicted octanol–water partition coefficient (Wildman–Crippen LogP) is 4.11. The summed E-state index contributed by atoms with van der Waals surface area (Å²) in [5.74, 6) is -1.09. The van der Waals surface area contributed by atoms with Crippen LogP contribution in [-0.4, -0.2) is 25.2 Å². The highest BCUT2D eigenvalue weighted by atomic mass is 35.5. The normalized spacial score (nSPS) is 10.5. The van der Waals surface area contributed by atoms with E-state index in [0.29, 0.717) is 11.1 Å². The number of esters is 2. The van der Waals surface area contributed by atoms with Crippen molar-refractivity contribution in [3.63, 3.8) is 0 Å². The van der Waals surface area contributed by atoms with Gasteiger partial charge in [-0.25, -0.2) is 9.59 Å². The molecule has 0 aromatic carbocycles. The van der Waals surface area contributed by atoms with Crippen LogP contribution in [0, 0.1) is 6.92 Å². The molecule has 0 radical (unpaired) electrons. The molecule has 2 aliphatic rings. The Morgan fingerprint density at radius 1 is 0.909 bits per heavy atom. The second-order valence-electron chi connectivity index (χ2n) is 4.74. The number of rotatable bonds is 4. The maximum Gasteiger partial charge on any atom is 0.340 e. The first-order valence-electron chi connectivity index (χ1n) is 7.07. The zero-order chi connectivity index (χ0) is 16.3. The zero-order valence-corrected chi connectivity index (χ0v) is 13.5. The van der Waals surface area contributed by atoms with Gasteiger partial charge in [-0.15, -0.1) is 0 Å². The van der Waals surface area contributed by atoms with Crippen molar-refractivity contribution in [2.75, 3.05) is 13.2 Å². The summed E-state index contributed by atoms with van der Waals surface area (Å²) >= 11 is 6.29. The Morgan fingerprint density at radius 2 is 1.32 bits per heavy atom. The van der Waals surface area contributed by atoms with E-state index in [1.54, 1.807) is 26.0 Å². The number of halogens is 1. The highest BCUT2D eigenvalue weighted by molar-refractivity contribution is 6.39. The fourth-order valence-electron chi connectivity index (χ4n) is 2.27. The van der Waals surface area contributed by atoms with Gasteiger partial charge in [0.25, 0.3) is 0 Å². The Kier molecular flexibility index (Phi) is 5.03. The average Bonchev–Trinajstić information content (AvgIpc) is 2.62. The molecule has 0 saturated heterocycles. The highest BCUT2D eigenvalue weighted by Gasteiger charge is 2.31. The van der Waals surface area contributed by atoms with E-state index in [4.69, 9.17) is 21.1 Å². The number of aryl methyl sites for hydroxylation is 1. The molecule has 0 spiro atoms. The Labute approximate surface area is 134 Å². The Morgan fingerprint density at radius 3 is 1.68 bits per heavy atom. The molecule has 116 valence electrons. The van der Waals surface area contributed by atoms with Crippen LogP contribution < -0.4 is 0 Å². The first-order valence-corrected chi connectivity index (χ1v) is 7.45. The Bertz CT molecular complexity index is 638. The van der Waals surface area contributed by atoms with Gasteiger partial charge in [0.2, 0.25) is 0 Å². The quantitative estimate of drug-likeness (QED) is 0.796. The molecule has 0 unspecified atom stereocenters. The summed E-state index contributed by atoms with van der Waals surface area (Å²) < 4.78 is 10.1. The fourth-order valence-corrected chi connectivity index (χ4v) is 2.63. The maximum absolute atomic E-state index is 12.2. The van der Waals surface area contributed by atoms with Gasteiger partial charge in [0.1, 0.15) is 0 Å². The number of ether oxygens (including phenoxy) is 2. The summed E-state index contributed by atoms with van der Waals surface area (Å²) in [5, 5.41) is 0.0794. The Balaban J connectivity index is 2.72. The molecule has 0 aliphatic heterocycles. The van der Waals surface area contributed by atoms with E-state index in [9.17, 15) is 9.59 Å². The molecule has 22 heavy (non-hydrogen) atoms. The van der Waals surface area contributed by atoms with Gasteiger partial charge < -0.3 is 9.47 Å². The van der Waals surface area contributed by atoms with Crippen LogP contribution in [-0.2, 0) is 9.47 Å². The molecule has 0 bridgehead atoms. The van der Waals surface area contributed by atoms with Crippen molar-refractivity contribution < 1.29 is 19.1 Å². The molecule has 5 heteroatoms. The fraction of sp³-hybridized carbons (Fsp3) is 0.294. The third-order valence-electron chi connectivity index (χ3n) is 3.25. The third-order valence-corrected chi connectivity index (χ3v) is 3.63. The smallest absolute Gasteiger partial charge is 0.340 e. The lowest BCUT2D eigenvalue weighted by molar-refractivity contribution is 0.0525. The van der Waals surface area contributed by atoms with Crippen LogP contribution in [0.4, 0.5) is 0 Å². The van der Waals surface area contributed by atoms with Crippen LogP contribution in [0.2, 0.25) is 5.02 Å². The monoisotopic (exact) mass is 320 g/mol. The number of fused-ring (bicyclic) bond motifs is 1. The van der Waals surface area contributed by atoms with Gasteiger partial charge >= 0.3 is 11.9 Å². The second-order valence-corrected chi connectivity index (χ2v) is 5.12. The molecule has 2 rings (SSSR count). The molecule has 0 amide bonds. The summed E-state index contributed by atoms with van der Waals surface area (Å²) in [7, 11) is 0. The molecule has 0 N–H and O–H groups in total. The standard InChI is InChI=1S/C17H17ClO4/c1-4-21-16(19)13-11-8-6-10(3)7-9-12(11)14(15(13)18)17(20)22-5-2/h6-9H,4-5H2,1-3H3. The largest absolute Gasteiger partial charge is 0.462 e. The maximum atomic E-state index is 12.2. The van der Waals surface area contributed by atoms with Crippen molar-refractivity contribution >= 4 is 23.5 Å². The predicted molar refractivity (Wildman–Crippen MR) is 84.7 cm³/mol. The lowest BCUT2D eigenvalue weighted by atomic mass is 10.1. The molecule has 0 aromatic rings. The van der Waals surface area contributed by atoms with Crippen molar-refractivity contribution in [2.24, 2.45) is 0 Å². The number of carbonyl (C=O) groups is 2. The van der Waals surface area contributed by atoms with Crippen LogP contribution in [0.5, 0.6) is 0 Å². The topological polar surface area (TPSA) is 52.6 Å². The molecular formula is C17H17ClO4. The summed E-state index contributed by atoms with van der Waals surface area (Å²) in [6.07, 6.45) is 0. The molecule has 4 nitrogen and oxygen atoms in total. The van der Waals surface area contributed by atoms with E-state index in [-0.39, 0.29) is 29.4 Å². The first-order chi connectivity index (χ1) is 10.5. The highest BCUT2D eigenvalue weighted by Crippen LogP contribution is 2.40. The van der Waals surface area contributed by atoms with E-state index in [1.807, 2.05) is 19.1 Å². The zero-order valence-electron chi connectivity index (χ0n) is 12.7. The molecular weight excluding hydrogens is 304 g/mol. The second kappa shape index (κ2) is 6.79. The molecule has 2 aliphatic carbocycles. The van der Waals surface area contributed by atoms with Gasteiger partial charge in [-0.2, -0.15) is 0 Å². The summed E-state index contributed by atoms with van der Waals surface area (Å²) in [4.78, 5) is 24.4. The van der Waals surface area contributed by atoms with Gasteiger partial charge in [-0.1, -0.05) is 41.4 Å². The van der Waals surface area contributed by atoms with Crippen LogP contribution >= 0.6 is 11.6 Å². The van der Waals surface area contributed by atoms with Gasteiger partial charge in [0.15, 0.2) is 0 Å². The molecule has 0 heterocycles. The minimum Gasteiger partial charge on any atom is -0.462 e. The van der Waals surface area contributed by atoms with Gasteiger partial charge in [0, 0.05) is 0 Å². The lowest BCUT2D eigenvalue weighted by Crippen LogP contribution is -2.06. The molecule has 0 aromatic heterocycles. The van der Waals surface area contributed by atoms with Crippen LogP contribution in [0.15, 0.2) is 24.3 Å². The van der Waals surface area contributed by atoms with Crippen molar-refractivity contribution in [3.8, 4) is 11.1 Å². The Hall–Kier alpha value is -2.07. The first kappa shape index (κ1) is 16.3. The molecule has 0 fully saturated rings. The SMILES string of the molecule is CCOC(=O)c1c2ccc(C)ccc-2c(C(=O)OCC)c1Cl.